The zero-order valence-electron chi connectivity index (χ0n) is 8.72. The summed E-state index contributed by atoms with van der Waals surface area (Å²) in [4.78, 5) is 0. The molecule has 1 aliphatic rings. The molecule has 0 heterocycles. The lowest BCUT2D eigenvalue weighted by Crippen LogP contribution is -2.11. The molecular formula is C12H13Cl2FO. The number of aliphatic hydroxyl groups excluding tert-OH is 1. The molecule has 1 aliphatic carbocycles. The zero-order valence-corrected chi connectivity index (χ0v) is 10.2. The van der Waals surface area contributed by atoms with Gasteiger partial charge in [0.1, 0.15) is 5.82 Å². The maximum Gasteiger partial charge on any atom is 0.149 e. The minimum absolute atomic E-state index is 0.101. The molecule has 1 saturated carbocycles. The first kappa shape index (κ1) is 12.2. The molecule has 16 heavy (non-hydrogen) atoms. The lowest BCUT2D eigenvalue weighted by atomic mass is 9.94. The van der Waals surface area contributed by atoms with Crippen LogP contribution in [0.1, 0.15) is 37.4 Å². The Balaban J connectivity index is 2.29. The predicted molar refractivity (Wildman–Crippen MR) is 63.3 cm³/mol. The lowest BCUT2D eigenvalue weighted by Gasteiger charge is -2.19. The van der Waals surface area contributed by atoms with Crippen LogP contribution in [0.25, 0.3) is 0 Å². The van der Waals surface area contributed by atoms with Gasteiger partial charge in [0.15, 0.2) is 0 Å². The standard InChI is InChI=1S/C12H13Cl2FO/c13-9-6-5-8(11(15)10(9)14)12(16)7-3-1-2-4-7/h5-7,12,16H,1-4H2. The van der Waals surface area contributed by atoms with Crippen molar-refractivity contribution in [2.24, 2.45) is 5.92 Å². The van der Waals surface area contributed by atoms with E-state index in [1.807, 2.05) is 0 Å². The third-order valence-corrected chi connectivity index (χ3v) is 4.01. The van der Waals surface area contributed by atoms with Gasteiger partial charge in [0, 0.05) is 5.56 Å². The summed E-state index contributed by atoms with van der Waals surface area (Å²) < 4.78 is 13.8. The molecule has 1 aromatic carbocycles. The molecule has 4 heteroatoms. The normalized spacial score (nSPS) is 19.0. The summed E-state index contributed by atoms with van der Waals surface area (Å²) >= 11 is 11.4. The van der Waals surface area contributed by atoms with Crippen molar-refractivity contribution >= 4 is 23.2 Å². The van der Waals surface area contributed by atoms with Crippen LogP contribution in [0.5, 0.6) is 0 Å². The number of aliphatic hydroxyl groups is 1. The molecule has 88 valence electrons. The van der Waals surface area contributed by atoms with Crippen molar-refractivity contribution in [2.75, 3.05) is 0 Å². The number of hydrogen-bond acceptors (Lipinski definition) is 1. The van der Waals surface area contributed by atoms with E-state index in [1.54, 1.807) is 0 Å². The second kappa shape index (κ2) is 4.91. The van der Waals surface area contributed by atoms with E-state index >= 15 is 0 Å². The Morgan fingerprint density at radius 2 is 1.88 bits per heavy atom. The highest BCUT2D eigenvalue weighted by Crippen LogP contribution is 2.38. The Labute approximate surface area is 104 Å². The van der Waals surface area contributed by atoms with E-state index in [2.05, 4.69) is 0 Å². The van der Waals surface area contributed by atoms with Crippen molar-refractivity contribution in [1.82, 2.24) is 0 Å². The van der Waals surface area contributed by atoms with Crippen molar-refractivity contribution in [3.8, 4) is 0 Å². The first-order chi connectivity index (χ1) is 7.61. The quantitative estimate of drug-likeness (QED) is 0.786. The molecule has 1 unspecified atom stereocenters. The molecule has 1 atom stereocenters. The molecule has 2 rings (SSSR count). The lowest BCUT2D eigenvalue weighted by molar-refractivity contribution is 0.108. The van der Waals surface area contributed by atoms with E-state index in [9.17, 15) is 9.50 Å². The summed E-state index contributed by atoms with van der Waals surface area (Å²) in [6, 6.07) is 3.05. The molecular weight excluding hydrogens is 250 g/mol. The Bertz CT molecular complexity index is 389. The third-order valence-electron chi connectivity index (χ3n) is 3.23. The molecule has 0 bridgehead atoms. The van der Waals surface area contributed by atoms with Gasteiger partial charge in [0.25, 0.3) is 0 Å². The SMILES string of the molecule is OC(c1ccc(Cl)c(Cl)c1F)C1CCCC1. The van der Waals surface area contributed by atoms with Crippen LogP contribution in [0.4, 0.5) is 4.39 Å². The van der Waals surface area contributed by atoms with Crippen LogP contribution in [-0.2, 0) is 0 Å². The first-order valence-electron chi connectivity index (χ1n) is 5.42. The van der Waals surface area contributed by atoms with E-state index < -0.39 is 11.9 Å². The average molecular weight is 263 g/mol. The van der Waals surface area contributed by atoms with Crippen LogP contribution >= 0.6 is 23.2 Å². The van der Waals surface area contributed by atoms with Gasteiger partial charge >= 0.3 is 0 Å². The predicted octanol–water partition coefficient (Wildman–Crippen LogP) is 4.36. The molecule has 0 saturated heterocycles. The van der Waals surface area contributed by atoms with Crippen molar-refractivity contribution < 1.29 is 9.50 Å². The van der Waals surface area contributed by atoms with Gasteiger partial charge in [-0.25, -0.2) is 4.39 Å². The van der Waals surface area contributed by atoms with Crippen LogP contribution in [-0.4, -0.2) is 5.11 Å². The maximum atomic E-state index is 13.8. The summed E-state index contributed by atoms with van der Waals surface area (Å²) in [7, 11) is 0. The highest BCUT2D eigenvalue weighted by atomic mass is 35.5. The Kier molecular flexibility index (Phi) is 3.73. The molecule has 1 N–H and O–H groups in total. The maximum absolute atomic E-state index is 13.8. The molecule has 0 spiro atoms. The van der Waals surface area contributed by atoms with Crippen LogP contribution in [0, 0.1) is 11.7 Å². The van der Waals surface area contributed by atoms with Crippen LogP contribution in [0.15, 0.2) is 12.1 Å². The van der Waals surface area contributed by atoms with Crippen molar-refractivity contribution in [2.45, 2.75) is 31.8 Å². The second-order valence-corrected chi connectivity index (χ2v) is 5.04. The summed E-state index contributed by atoms with van der Waals surface area (Å²) in [5, 5.41) is 10.2. The van der Waals surface area contributed by atoms with E-state index in [4.69, 9.17) is 23.2 Å². The summed E-state index contributed by atoms with van der Waals surface area (Å²) in [6.07, 6.45) is 3.33. The van der Waals surface area contributed by atoms with Gasteiger partial charge in [-0.3, -0.25) is 0 Å². The van der Waals surface area contributed by atoms with Gasteiger partial charge in [0.2, 0.25) is 0 Å². The average Bonchev–Trinajstić information content (AvgIpc) is 2.79. The summed E-state index contributed by atoms with van der Waals surface area (Å²) in [5.74, 6) is -0.444. The van der Waals surface area contributed by atoms with Gasteiger partial charge in [0.05, 0.1) is 16.1 Å². The van der Waals surface area contributed by atoms with Gasteiger partial charge in [-0.15, -0.1) is 0 Å². The molecule has 0 aromatic heterocycles. The van der Waals surface area contributed by atoms with E-state index in [0.717, 1.165) is 25.7 Å². The van der Waals surface area contributed by atoms with E-state index in [1.165, 1.54) is 12.1 Å². The molecule has 0 amide bonds. The summed E-state index contributed by atoms with van der Waals surface area (Å²) in [6.45, 7) is 0. The Morgan fingerprint density at radius 1 is 1.25 bits per heavy atom. The molecule has 1 fully saturated rings. The fourth-order valence-electron chi connectivity index (χ4n) is 2.30. The first-order valence-corrected chi connectivity index (χ1v) is 6.18. The van der Waals surface area contributed by atoms with Crippen LogP contribution < -0.4 is 0 Å². The van der Waals surface area contributed by atoms with Crippen molar-refractivity contribution in [3.63, 3.8) is 0 Å². The number of hydrogen-bond donors (Lipinski definition) is 1. The number of benzene rings is 1. The fraction of sp³-hybridized carbons (Fsp3) is 0.500. The van der Waals surface area contributed by atoms with Gasteiger partial charge in [-0.05, 0) is 24.8 Å². The van der Waals surface area contributed by atoms with Gasteiger partial charge in [-0.1, -0.05) is 42.1 Å². The minimum Gasteiger partial charge on any atom is -0.388 e. The van der Waals surface area contributed by atoms with Crippen molar-refractivity contribution in [1.29, 1.82) is 0 Å². The third kappa shape index (κ3) is 2.20. The Hall–Kier alpha value is -0.310. The topological polar surface area (TPSA) is 20.2 Å². The van der Waals surface area contributed by atoms with Crippen molar-refractivity contribution in [3.05, 3.63) is 33.6 Å². The molecule has 1 nitrogen and oxygen atoms in total. The second-order valence-electron chi connectivity index (χ2n) is 4.25. The highest BCUT2D eigenvalue weighted by molar-refractivity contribution is 6.42. The van der Waals surface area contributed by atoms with Crippen LogP contribution in [0.3, 0.4) is 0 Å². The van der Waals surface area contributed by atoms with Crippen LogP contribution in [0.2, 0.25) is 10.0 Å². The van der Waals surface area contributed by atoms with E-state index in [0.29, 0.717) is 0 Å². The highest BCUT2D eigenvalue weighted by Gasteiger charge is 2.27. The van der Waals surface area contributed by atoms with E-state index in [-0.39, 0.29) is 21.5 Å². The smallest absolute Gasteiger partial charge is 0.149 e. The summed E-state index contributed by atoms with van der Waals surface area (Å²) in [5.41, 5.74) is 0.265. The monoisotopic (exact) mass is 262 g/mol. The molecule has 0 aliphatic heterocycles. The van der Waals surface area contributed by atoms with Gasteiger partial charge < -0.3 is 5.11 Å². The fourth-order valence-corrected chi connectivity index (χ4v) is 2.61. The largest absolute Gasteiger partial charge is 0.388 e. The molecule has 1 aromatic rings. The molecule has 0 radical (unpaired) electrons. The zero-order chi connectivity index (χ0) is 11.7. The number of rotatable bonds is 2. The number of halogens is 3. The van der Waals surface area contributed by atoms with Gasteiger partial charge in [-0.2, -0.15) is 0 Å². The Morgan fingerprint density at radius 3 is 2.50 bits per heavy atom. The minimum atomic E-state index is -0.766.